The van der Waals surface area contributed by atoms with Crippen molar-refractivity contribution in [1.29, 1.82) is 0 Å². The summed E-state index contributed by atoms with van der Waals surface area (Å²) in [6, 6.07) is 20.0. The molecule has 1 aliphatic heterocycles. The number of aromatic nitrogens is 1. The minimum absolute atomic E-state index is 0.163. The Hall–Kier alpha value is -3.59. The zero-order valence-electron chi connectivity index (χ0n) is 23.5. The molecule has 1 aromatic heterocycles. The maximum absolute atomic E-state index is 13.9. The van der Waals surface area contributed by atoms with Crippen LogP contribution < -0.4 is 15.0 Å². The molecule has 5 rings (SSSR count). The molecule has 1 saturated carbocycles. The van der Waals surface area contributed by atoms with E-state index in [0.717, 1.165) is 48.5 Å². The highest BCUT2D eigenvalue weighted by molar-refractivity contribution is 5.84. The van der Waals surface area contributed by atoms with E-state index in [0.29, 0.717) is 38.5 Å². The number of nitrogens with one attached hydrogen (secondary N) is 1. The summed E-state index contributed by atoms with van der Waals surface area (Å²) in [5.74, 6) is 2.23. The average molecular weight is 567 g/mol. The van der Waals surface area contributed by atoms with Gasteiger partial charge in [-0.15, -0.1) is 0 Å². The Morgan fingerprint density at radius 2 is 1.71 bits per heavy atom. The Balaban J connectivity index is 1.15. The van der Waals surface area contributed by atoms with Crippen molar-refractivity contribution in [3.05, 3.63) is 84.1 Å². The van der Waals surface area contributed by atoms with Crippen LogP contribution in [0.1, 0.15) is 44.2 Å². The number of alkyl halides is 3. The number of piperazine rings is 1. The van der Waals surface area contributed by atoms with Gasteiger partial charge in [-0.3, -0.25) is 4.79 Å². The van der Waals surface area contributed by atoms with Crippen LogP contribution in [-0.2, 0) is 17.5 Å². The largest absolute Gasteiger partial charge is 0.457 e. The summed E-state index contributed by atoms with van der Waals surface area (Å²) in [5, 5.41) is 3.66. The van der Waals surface area contributed by atoms with Gasteiger partial charge in [0, 0.05) is 45.0 Å². The minimum Gasteiger partial charge on any atom is -0.457 e. The van der Waals surface area contributed by atoms with Crippen molar-refractivity contribution in [2.24, 2.45) is 11.3 Å². The van der Waals surface area contributed by atoms with E-state index < -0.39 is 17.2 Å². The number of pyridine rings is 1. The fraction of sp³-hybridized carbons (Fsp3) is 0.438. The van der Waals surface area contributed by atoms with Gasteiger partial charge in [-0.05, 0) is 67.1 Å². The predicted molar refractivity (Wildman–Crippen MR) is 153 cm³/mol. The van der Waals surface area contributed by atoms with Crippen LogP contribution in [0.15, 0.2) is 72.9 Å². The molecule has 2 atom stereocenters. The monoisotopic (exact) mass is 566 g/mol. The molecule has 0 radical (unpaired) electrons. The Morgan fingerprint density at radius 1 is 1.02 bits per heavy atom. The zero-order valence-corrected chi connectivity index (χ0v) is 23.5. The number of nitrogens with zero attached hydrogens (tertiary/aromatic N) is 3. The molecule has 2 aromatic carbocycles. The number of ether oxygens (including phenoxy) is 1. The van der Waals surface area contributed by atoms with Crippen molar-refractivity contribution in [3.63, 3.8) is 0 Å². The fourth-order valence-corrected chi connectivity index (χ4v) is 6.00. The standard InChI is InChI=1S/C32H37F3N4O2/c1-23(2)31(30(40)39-18-16-38(17-19-39)29-20-25(13-15-36-29)32(33,34)35)14-12-26(21-31)37-22-24-8-10-28(11-9-24)41-27-6-4-3-5-7-27/h3-11,13,15,20,23,26,37H,12,14,16-19,21-22H2,1-2H3/t26-,31+/m1/s1. The first-order valence-electron chi connectivity index (χ1n) is 14.3. The quantitative estimate of drug-likeness (QED) is 0.336. The summed E-state index contributed by atoms with van der Waals surface area (Å²) in [6.07, 6.45) is -0.698. The summed E-state index contributed by atoms with van der Waals surface area (Å²) >= 11 is 0. The van der Waals surface area contributed by atoms with Gasteiger partial charge in [-0.1, -0.05) is 44.2 Å². The van der Waals surface area contributed by atoms with Gasteiger partial charge in [0.2, 0.25) is 5.91 Å². The Morgan fingerprint density at radius 3 is 2.37 bits per heavy atom. The average Bonchev–Trinajstić information content (AvgIpc) is 3.43. The fourth-order valence-electron chi connectivity index (χ4n) is 6.00. The summed E-state index contributed by atoms with van der Waals surface area (Å²) in [4.78, 5) is 21.8. The number of carbonyl (C=O) groups is 1. The van der Waals surface area contributed by atoms with Crippen molar-refractivity contribution in [2.75, 3.05) is 31.1 Å². The van der Waals surface area contributed by atoms with Crippen LogP contribution in [0.5, 0.6) is 11.5 Å². The van der Waals surface area contributed by atoms with Gasteiger partial charge in [-0.25, -0.2) is 4.98 Å². The number of amides is 1. The van der Waals surface area contributed by atoms with Gasteiger partial charge in [0.15, 0.2) is 0 Å². The second-order valence-corrected chi connectivity index (χ2v) is 11.4. The highest BCUT2D eigenvalue weighted by Crippen LogP contribution is 2.46. The molecule has 3 aromatic rings. The molecule has 9 heteroatoms. The van der Waals surface area contributed by atoms with Gasteiger partial charge >= 0.3 is 6.18 Å². The van der Waals surface area contributed by atoms with E-state index in [1.54, 1.807) is 0 Å². The molecule has 218 valence electrons. The van der Waals surface area contributed by atoms with E-state index in [1.807, 2.05) is 52.3 Å². The molecule has 2 fully saturated rings. The third kappa shape index (κ3) is 6.67. The van der Waals surface area contributed by atoms with Crippen LogP contribution in [0, 0.1) is 11.3 Å². The molecule has 2 heterocycles. The maximum atomic E-state index is 13.9. The number of halogens is 3. The number of carbonyl (C=O) groups excluding carboxylic acids is 1. The maximum Gasteiger partial charge on any atom is 0.416 e. The normalized spacial score (nSPS) is 21.4. The van der Waals surface area contributed by atoms with Crippen molar-refractivity contribution in [2.45, 2.75) is 51.9 Å². The first kappa shape index (κ1) is 28.9. The summed E-state index contributed by atoms with van der Waals surface area (Å²) in [7, 11) is 0. The molecule has 2 aliphatic rings. The van der Waals surface area contributed by atoms with Crippen molar-refractivity contribution in [3.8, 4) is 11.5 Å². The number of hydrogen-bond donors (Lipinski definition) is 1. The van der Waals surface area contributed by atoms with E-state index in [2.05, 4.69) is 36.3 Å². The number of anilines is 1. The summed E-state index contributed by atoms with van der Waals surface area (Å²) in [6.45, 7) is 6.81. The van der Waals surface area contributed by atoms with E-state index in [1.165, 1.54) is 6.20 Å². The summed E-state index contributed by atoms with van der Waals surface area (Å²) < 4.78 is 45.4. The Kier molecular flexibility index (Phi) is 8.54. The van der Waals surface area contributed by atoms with E-state index in [4.69, 9.17) is 4.74 Å². The highest BCUT2D eigenvalue weighted by atomic mass is 19.4. The lowest BCUT2D eigenvalue weighted by Crippen LogP contribution is -2.54. The number of para-hydroxylation sites is 1. The van der Waals surface area contributed by atoms with Crippen LogP contribution in [0.3, 0.4) is 0 Å². The van der Waals surface area contributed by atoms with Gasteiger partial charge < -0.3 is 19.9 Å². The first-order chi connectivity index (χ1) is 19.6. The molecule has 0 unspecified atom stereocenters. The molecule has 1 aliphatic carbocycles. The van der Waals surface area contributed by atoms with Gasteiger partial charge in [0.1, 0.15) is 17.3 Å². The zero-order chi connectivity index (χ0) is 29.0. The number of benzene rings is 2. The van der Waals surface area contributed by atoms with Crippen molar-refractivity contribution in [1.82, 2.24) is 15.2 Å². The highest BCUT2D eigenvalue weighted by Gasteiger charge is 2.49. The third-order valence-corrected chi connectivity index (χ3v) is 8.54. The predicted octanol–water partition coefficient (Wildman–Crippen LogP) is 6.53. The van der Waals surface area contributed by atoms with Crippen LogP contribution in [0.2, 0.25) is 0 Å². The number of rotatable bonds is 8. The molecular formula is C32H37F3N4O2. The molecule has 6 nitrogen and oxygen atoms in total. The second kappa shape index (κ2) is 12.1. The van der Waals surface area contributed by atoms with Crippen molar-refractivity contribution >= 4 is 11.7 Å². The molecule has 1 saturated heterocycles. The Bertz CT molecular complexity index is 1310. The lowest BCUT2D eigenvalue weighted by molar-refractivity contribution is -0.145. The van der Waals surface area contributed by atoms with E-state index >= 15 is 0 Å². The lowest BCUT2D eigenvalue weighted by atomic mass is 9.74. The van der Waals surface area contributed by atoms with Crippen LogP contribution >= 0.6 is 0 Å². The second-order valence-electron chi connectivity index (χ2n) is 11.4. The lowest BCUT2D eigenvalue weighted by Gasteiger charge is -2.42. The van der Waals surface area contributed by atoms with E-state index in [-0.39, 0.29) is 17.9 Å². The van der Waals surface area contributed by atoms with Crippen molar-refractivity contribution < 1.29 is 22.7 Å². The van der Waals surface area contributed by atoms with Crippen LogP contribution in [0.25, 0.3) is 0 Å². The molecule has 1 N–H and O–H groups in total. The number of hydrogen-bond acceptors (Lipinski definition) is 5. The third-order valence-electron chi connectivity index (χ3n) is 8.54. The summed E-state index contributed by atoms with van der Waals surface area (Å²) in [5.41, 5.74) is 0.000576. The van der Waals surface area contributed by atoms with Crippen LogP contribution in [-0.4, -0.2) is 48.0 Å². The molecule has 41 heavy (non-hydrogen) atoms. The van der Waals surface area contributed by atoms with E-state index in [9.17, 15) is 18.0 Å². The SMILES string of the molecule is CC(C)[C@]1(C(=O)N2CCN(c3cc(C(F)(F)F)ccn3)CC2)CC[C@@H](NCc2ccc(Oc3ccccc3)cc2)C1. The Labute approximate surface area is 239 Å². The molecule has 0 bridgehead atoms. The van der Waals surface area contributed by atoms with Crippen LogP contribution in [0.4, 0.5) is 19.0 Å². The molecular weight excluding hydrogens is 529 g/mol. The molecule has 0 spiro atoms. The van der Waals surface area contributed by atoms with Gasteiger partial charge in [-0.2, -0.15) is 13.2 Å². The van der Waals surface area contributed by atoms with Gasteiger partial charge in [0.05, 0.1) is 11.0 Å². The minimum atomic E-state index is -4.41. The first-order valence-corrected chi connectivity index (χ1v) is 14.3. The van der Waals surface area contributed by atoms with Gasteiger partial charge in [0.25, 0.3) is 0 Å². The smallest absolute Gasteiger partial charge is 0.416 e. The molecule has 1 amide bonds. The topological polar surface area (TPSA) is 57.7 Å².